The molecule has 0 aromatic heterocycles. The van der Waals surface area contributed by atoms with Crippen molar-refractivity contribution in [2.45, 2.75) is 137 Å². The summed E-state index contributed by atoms with van der Waals surface area (Å²) < 4.78 is 100. The Morgan fingerprint density at radius 1 is 0.512 bits per heavy atom. The fourth-order valence-corrected chi connectivity index (χ4v) is 15.8. The lowest BCUT2D eigenvalue weighted by Crippen LogP contribution is -2.57. The summed E-state index contributed by atoms with van der Waals surface area (Å²) in [6.07, 6.45) is 1.37. The minimum absolute atomic E-state index is 0.0551. The number of amides is 2. The first kappa shape index (κ1) is 64.5. The van der Waals surface area contributed by atoms with Crippen LogP contribution in [0.5, 0.6) is 0 Å². The summed E-state index contributed by atoms with van der Waals surface area (Å²) >= 11 is 25.2. The molecular formula is C64H66Cl4F2N4O10S2. The van der Waals surface area contributed by atoms with Crippen LogP contribution in [-0.2, 0) is 48.7 Å². The number of aldehydes is 2. The molecule has 2 heterocycles. The van der Waals surface area contributed by atoms with Gasteiger partial charge in [0.05, 0.1) is 59.1 Å². The molecule has 2 saturated carbocycles. The van der Waals surface area contributed by atoms with Crippen LogP contribution >= 0.6 is 46.4 Å². The van der Waals surface area contributed by atoms with Gasteiger partial charge in [-0.1, -0.05) is 133 Å². The summed E-state index contributed by atoms with van der Waals surface area (Å²) in [5.41, 5.74) is 2.76. The highest BCUT2D eigenvalue weighted by Gasteiger charge is 2.51. The topological polar surface area (TPSA) is 168 Å². The molecule has 4 aliphatic rings. The van der Waals surface area contributed by atoms with Crippen molar-refractivity contribution in [1.29, 1.82) is 0 Å². The van der Waals surface area contributed by atoms with Crippen LogP contribution in [0.4, 0.5) is 20.2 Å². The molecule has 6 aromatic carbocycles. The van der Waals surface area contributed by atoms with Crippen LogP contribution in [0.1, 0.15) is 125 Å². The third-order valence-electron chi connectivity index (χ3n) is 16.0. The third kappa shape index (κ3) is 14.6. The van der Waals surface area contributed by atoms with Crippen molar-refractivity contribution in [3.8, 4) is 0 Å². The molecule has 0 radical (unpaired) electrons. The lowest BCUT2D eigenvalue weighted by Gasteiger charge is -2.49. The first-order valence-electron chi connectivity index (χ1n) is 28.7. The maximum Gasteiger partial charge on any atom is 0.252 e. The zero-order chi connectivity index (χ0) is 61.5. The summed E-state index contributed by atoms with van der Waals surface area (Å²) in [6.45, 7) is 3.42. The maximum atomic E-state index is 15.2. The van der Waals surface area contributed by atoms with Gasteiger partial charge in [-0.25, -0.2) is 25.6 Å². The second-order valence-corrected chi connectivity index (χ2v) is 27.8. The molecule has 2 unspecified atom stereocenters. The fraction of sp³-hybridized carbons (Fsp3) is 0.375. The molecule has 0 N–H and O–H groups in total. The van der Waals surface area contributed by atoms with Crippen LogP contribution in [0, 0.1) is 11.6 Å². The Balaban J connectivity index is 0.000000205. The van der Waals surface area contributed by atoms with E-state index in [1.165, 1.54) is 36.4 Å². The van der Waals surface area contributed by atoms with Crippen molar-refractivity contribution in [2.24, 2.45) is 0 Å². The molecule has 22 heteroatoms. The van der Waals surface area contributed by atoms with Gasteiger partial charge >= 0.3 is 0 Å². The number of para-hydroxylation sites is 2. The SMILES string of the molecule is CCC(CN(c1ccccc1F)S(=O)(=O)C1CC1)N1C(=O)[C@@H](CCC=O)O[C@H](c2cccc(Cl)c2)[C@H]1c1ccc(Cl)cc1.CCC(CN(c1ccccc1F)S(=O)(=O)C1CC1)N1C(=O)[C@H](CCC=O)O[C@H](c2cccc(Cl)c2)[C@H]1c1ccc(Cl)cc1. The van der Waals surface area contributed by atoms with Gasteiger partial charge in [0.25, 0.3) is 11.8 Å². The number of ether oxygens (including phenoxy) is 2. The van der Waals surface area contributed by atoms with Gasteiger partial charge in [0.1, 0.15) is 48.6 Å². The Morgan fingerprint density at radius 2 is 0.872 bits per heavy atom. The van der Waals surface area contributed by atoms with E-state index in [4.69, 9.17) is 55.9 Å². The van der Waals surface area contributed by atoms with Crippen molar-refractivity contribution in [2.75, 3.05) is 21.7 Å². The maximum absolute atomic E-state index is 15.2. The molecule has 14 nitrogen and oxygen atoms in total. The highest BCUT2D eigenvalue weighted by atomic mass is 35.5. The van der Waals surface area contributed by atoms with E-state index in [1.807, 2.05) is 50.2 Å². The van der Waals surface area contributed by atoms with Gasteiger partial charge in [0.15, 0.2) is 0 Å². The second-order valence-electron chi connectivity index (χ2n) is 21.8. The van der Waals surface area contributed by atoms with E-state index in [9.17, 15) is 36.0 Å². The van der Waals surface area contributed by atoms with Crippen LogP contribution in [0.15, 0.2) is 146 Å². The Morgan fingerprint density at radius 3 is 1.19 bits per heavy atom. The number of hydrogen-bond donors (Lipinski definition) is 0. The summed E-state index contributed by atoms with van der Waals surface area (Å²) in [4.78, 5) is 54.6. The number of halogens is 6. The number of benzene rings is 6. The van der Waals surface area contributed by atoms with E-state index >= 15 is 8.78 Å². The Hall–Kier alpha value is -5.96. The van der Waals surface area contributed by atoms with Crippen molar-refractivity contribution in [3.05, 3.63) is 200 Å². The predicted molar refractivity (Wildman–Crippen MR) is 330 cm³/mol. The zero-order valence-electron chi connectivity index (χ0n) is 47.2. The summed E-state index contributed by atoms with van der Waals surface area (Å²) in [6, 6.07) is 37.2. The first-order chi connectivity index (χ1) is 41.3. The van der Waals surface area contributed by atoms with Crippen LogP contribution in [0.25, 0.3) is 0 Å². The van der Waals surface area contributed by atoms with E-state index in [0.717, 1.165) is 32.3 Å². The molecule has 0 bridgehead atoms. The number of carbonyl (C=O) groups excluding carboxylic acids is 4. The predicted octanol–water partition coefficient (Wildman–Crippen LogP) is 13.8. The van der Waals surface area contributed by atoms with Crippen molar-refractivity contribution in [3.63, 3.8) is 0 Å². The van der Waals surface area contributed by atoms with Gasteiger partial charge in [-0.3, -0.25) is 18.2 Å². The van der Waals surface area contributed by atoms with Crippen LogP contribution in [0.2, 0.25) is 20.1 Å². The van der Waals surface area contributed by atoms with E-state index in [-0.39, 0.29) is 62.0 Å². The molecule has 2 saturated heterocycles. The van der Waals surface area contributed by atoms with Gasteiger partial charge in [0.2, 0.25) is 20.0 Å². The average Bonchev–Trinajstić information content (AvgIpc) is 1.15. The highest BCUT2D eigenvalue weighted by molar-refractivity contribution is 7.94. The van der Waals surface area contributed by atoms with Gasteiger partial charge in [-0.15, -0.1) is 0 Å². The third-order valence-corrected chi connectivity index (χ3v) is 21.5. The van der Waals surface area contributed by atoms with Crippen molar-refractivity contribution < 1.29 is 54.3 Å². The summed E-state index contributed by atoms with van der Waals surface area (Å²) in [7, 11) is -7.82. The monoisotopic (exact) mass is 1290 g/mol. The van der Waals surface area contributed by atoms with Gasteiger partial charge in [-0.05, 0) is 146 Å². The van der Waals surface area contributed by atoms with Crippen LogP contribution < -0.4 is 8.61 Å². The lowest BCUT2D eigenvalue weighted by molar-refractivity contribution is -0.180. The minimum atomic E-state index is -3.91. The Labute approximate surface area is 521 Å². The molecule has 2 amide bonds. The number of rotatable bonds is 24. The minimum Gasteiger partial charge on any atom is -0.358 e. The molecule has 86 heavy (non-hydrogen) atoms. The van der Waals surface area contributed by atoms with Gasteiger partial charge in [-0.2, -0.15) is 0 Å². The highest BCUT2D eigenvalue weighted by Crippen LogP contribution is 2.48. The molecule has 456 valence electrons. The standard InChI is InChI=1S/2C32H33Cl2FN2O5S/c2*1-2-25(20-36(43(40,41)26-16-17-26)28-10-4-3-9-27(28)35)37-30(21-12-14-23(33)15-13-21)31(22-7-5-8-24(34)19-22)42-29(32(37)39)11-6-18-38/h2*3-5,7-10,12-15,18-19,25-26,29-31H,2,6,11,16-17,20H2,1H3/t25?,29-,30+,31+;25?,29-,30-,31-/m01/s1. The smallest absolute Gasteiger partial charge is 0.252 e. The number of carbonyl (C=O) groups is 4. The van der Waals surface area contributed by atoms with Crippen LogP contribution in [0.3, 0.4) is 0 Å². The van der Waals surface area contributed by atoms with Gasteiger partial charge < -0.3 is 28.9 Å². The molecule has 10 rings (SSSR count). The second kappa shape index (κ2) is 28.5. The Bertz CT molecular complexity index is 3370. The molecule has 8 atom stereocenters. The van der Waals surface area contributed by atoms with Gasteiger partial charge in [0, 0.05) is 32.9 Å². The lowest BCUT2D eigenvalue weighted by atomic mass is 9.89. The average molecular weight is 1300 g/mol. The summed E-state index contributed by atoms with van der Waals surface area (Å²) in [5.74, 6) is -2.07. The quantitative estimate of drug-likeness (QED) is 0.0532. The fourth-order valence-electron chi connectivity index (χ4n) is 11.3. The van der Waals surface area contributed by atoms with E-state index < -0.39 is 90.8 Å². The largest absolute Gasteiger partial charge is 0.358 e. The van der Waals surface area contributed by atoms with Crippen molar-refractivity contribution >= 4 is 102 Å². The van der Waals surface area contributed by atoms with E-state index in [0.29, 0.717) is 69.7 Å². The molecule has 2 aliphatic carbocycles. The number of morpholine rings is 2. The molecule has 6 aromatic rings. The number of hydrogen-bond acceptors (Lipinski definition) is 10. The number of sulfonamides is 2. The van der Waals surface area contributed by atoms with E-state index in [1.54, 1.807) is 82.6 Å². The molecule has 2 aliphatic heterocycles. The van der Waals surface area contributed by atoms with E-state index in [2.05, 4.69) is 0 Å². The summed E-state index contributed by atoms with van der Waals surface area (Å²) in [5, 5.41) is 0.784. The molecule has 0 spiro atoms. The van der Waals surface area contributed by atoms with Crippen LogP contribution in [-0.4, -0.2) is 98.9 Å². The van der Waals surface area contributed by atoms with Crippen molar-refractivity contribution in [1.82, 2.24) is 9.80 Å². The normalized spacial score (nSPS) is 21.4. The number of anilines is 2. The first-order valence-corrected chi connectivity index (χ1v) is 33.2. The molecule has 4 fully saturated rings. The molecular weight excluding hydrogens is 1230 g/mol. The Kier molecular flexibility index (Phi) is 21.4. The zero-order valence-corrected chi connectivity index (χ0v) is 51.9. The number of nitrogens with zero attached hydrogens (tertiary/aromatic N) is 4.